The van der Waals surface area contributed by atoms with E-state index in [-0.39, 0.29) is 12.0 Å². The molecule has 6 heteroatoms. The van der Waals surface area contributed by atoms with E-state index in [1.165, 1.54) is 0 Å². The number of amides is 1. The standard InChI is InChI=1S/C18H24N4O2/c1-5-10-19-18(23)15-11-17(21-13(4)20-15)22-14-8-6-7-9-16(14)24-12(2)3/h6-9,11-12H,5,10H2,1-4H3,(H,19,23)(H,20,21,22). The Balaban J connectivity index is 2.24. The number of rotatable bonds is 7. The molecule has 0 radical (unpaired) electrons. The van der Waals surface area contributed by atoms with Crippen LogP contribution in [0, 0.1) is 6.92 Å². The molecule has 0 bridgehead atoms. The molecule has 6 nitrogen and oxygen atoms in total. The topological polar surface area (TPSA) is 76.1 Å². The summed E-state index contributed by atoms with van der Waals surface area (Å²) in [6.07, 6.45) is 0.941. The van der Waals surface area contributed by atoms with E-state index in [0.717, 1.165) is 17.9 Å². The van der Waals surface area contributed by atoms with Crippen LogP contribution >= 0.6 is 0 Å². The molecule has 128 valence electrons. The second kappa shape index (κ2) is 8.29. The summed E-state index contributed by atoms with van der Waals surface area (Å²) < 4.78 is 5.79. The van der Waals surface area contributed by atoms with Crippen LogP contribution in [0.5, 0.6) is 5.75 Å². The average molecular weight is 328 g/mol. The first kappa shape index (κ1) is 17.7. The first-order valence-corrected chi connectivity index (χ1v) is 8.16. The van der Waals surface area contributed by atoms with Gasteiger partial charge >= 0.3 is 0 Å². The van der Waals surface area contributed by atoms with Gasteiger partial charge in [-0.1, -0.05) is 19.1 Å². The van der Waals surface area contributed by atoms with Gasteiger partial charge in [0.05, 0.1) is 11.8 Å². The Bertz CT molecular complexity index is 701. The van der Waals surface area contributed by atoms with E-state index in [2.05, 4.69) is 20.6 Å². The van der Waals surface area contributed by atoms with Crippen LogP contribution in [0.15, 0.2) is 30.3 Å². The number of ether oxygens (including phenoxy) is 1. The molecule has 1 heterocycles. The summed E-state index contributed by atoms with van der Waals surface area (Å²) in [7, 11) is 0. The van der Waals surface area contributed by atoms with Crippen LogP contribution in [-0.4, -0.2) is 28.5 Å². The van der Waals surface area contributed by atoms with Crippen molar-refractivity contribution in [3.8, 4) is 5.75 Å². The van der Waals surface area contributed by atoms with Gasteiger partial charge in [0.25, 0.3) is 5.91 Å². The molecular weight excluding hydrogens is 304 g/mol. The Kier molecular flexibility index (Phi) is 6.12. The molecule has 0 saturated carbocycles. The fourth-order valence-corrected chi connectivity index (χ4v) is 2.14. The van der Waals surface area contributed by atoms with Crippen molar-refractivity contribution in [1.29, 1.82) is 0 Å². The Hall–Kier alpha value is -2.63. The van der Waals surface area contributed by atoms with E-state index in [4.69, 9.17) is 4.74 Å². The first-order valence-electron chi connectivity index (χ1n) is 8.16. The zero-order chi connectivity index (χ0) is 17.5. The third kappa shape index (κ3) is 4.94. The van der Waals surface area contributed by atoms with Crippen LogP contribution in [0.25, 0.3) is 0 Å². The third-order valence-electron chi connectivity index (χ3n) is 3.12. The average Bonchev–Trinajstić information content (AvgIpc) is 2.53. The molecule has 2 rings (SSSR count). The van der Waals surface area contributed by atoms with Crippen molar-refractivity contribution in [3.63, 3.8) is 0 Å². The molecule has 0 atom stereocenters. The first-order chi connectivity index (χ1) is 11.5. The summed E-state index contributed by atoms with van der Waals surface area (Å²) in [5, 5.41) is 6.04. The van der Waals surface area contributed by atoms with Gasteiger partial charge in [0.1, 0.15) is 23.1 Å². The smallest absolute Gasteiger partial charge is 0.270 e. The van der Waals surface area contributed by atoms with Crippen LogP contribution in [0.2, 0.25) is 0 Å². The Morgan fingerprint density at radius 3 is 2.71 bits per heavy atom. The van der Waals surface area contributed by atoms with Crippen molar-refractivity contribution >= 4 is 17.4 Å². The Labute approximate surface area is 142 Å². The van der Waals surface area contributed by atoms with E-state index in [1.54, 1.807) is 13.0 Å². The predicted octanol–water partition coefficient (Wildman–Crippen LogP) is 3.46. The highest BCUT2D eigenvalue weighted by atomic mass is 16.5. The molecule has 0 fully saturated rings. The lowest BCUT2D eigenvalue weighted by Gasteiger charge is -2.15. The molecule has 0 saturated heterocycles. The molecule has 0 aliphatic rings. The number of aryl methyl sites for hydroxylation is 1. The summed E-state index contributed by atoms with van der Waals surface area (Å²) >= 11 is 0. The number of carbonyl (C=O) groups excluding carboxylic acids is 1. The van der Waals surface area contributed by atoms with E-state index >= 15 is 0 Å². The Morgan fingerprint density at radius 2 is 2.00 bits per heavy atom. The number of carbonyl (C=O) groups is 1. The van der Waals surface area contributed by atoms with E-state index in [0.29, 0.717) is 23.9 Å². The molecular formula is C18H24N4O2. The summed E-state index contributed by atoms with van der Waals surface area (Å²) in [6.45, 7) is 8.34. The molecule has 0 aliphatic heterocycles. The highest BCUT2D eigenvalue weighted by Gasteiger charge is 2.11. The van der Waals surface area contributed by atoms with E-state index in [1.807, 2.05) is 45.0 Å². The predicted molar refractivity (Wildman–Crippen MR) is 94.9 cm³/mol. The monoisotopic (exact) mass is 328 g/mol. The number of nitrogens with one attached hydrogen (secondary N) is 2. The molecule has 1 amide bonds. The summed E-state index contributed by atoms with van der Waals surface area (Å²) in [5.41, 5.74) is 1.14. The Morgan fingerprint density at radius 1 is 1.25 bits per heavy atom. The van der Waals surface area contributed by atoms with Gasteiger partial charge in [0, 0.05) is 12.6 Å². The lowest BCUT2D eigenvalue weighted by Crippen LogP contribution is -2.25. The molecule has 0 spiro atoms. The normalized spacial score (nSPS) is 10.5. The lowest BCUT2D eigenvalue weighted by atomic mass is 10.2. The number of hydrogen-bond donors (Lipinski definition) is 2. The molecule has 0 aliphatic carbocycles. The molecule has 1 aromatic carbocycles. The van der Waals surface area contributed by atoms with E-state index < -0.39 is 0 Å². The molecule has 2 N–H and O–H groups in total. The van der Waals surface area contributed by atoms with Crippen LogP contribution < -0.4 is 15.4 Å². The highest BCUT2D eigenvalue weighted by molar-refractivity contribution is 5.93. The fourth-order valence-electron chi connectivity index (χ4n) is 2.14. The minimum absolute atomic E-state index is 0.0652. The largest absolute Gasteiger partial charge is 0.489 e. The van der Waals surface area contributed by atoms with Gasteiger partial charge in [-0.2, -0.15) is 0 Å². The maximum Gasteiger partial charge on any atom is 0.270 e. The maximum atomic E-state index is 12.1. The van der Waals surface area contributed by atoms with Gasteiger partial charge in [0.15, 0.2) is 0 Å². The van der Waals surface area contributed by atoms with Gasteiger partial charge in [-0.25, -0.2) is 9.97 Å². The van der Waals surface area contributed by atoms with Crippen molar-refractivity contribution in [2.24, 2.45) is 0 Å². The SMILES string of the molecule is CCCNC(=O)c1cc(Nc2ccccc2OC(C)C)nc(C)n1. The second-order valence-corrected chi connectivity index (χ2v) is 5.73. The van der Waals surface area contributed by atoms with Gasteiger partial charge in [-0.15, -0.1) is 0 Å². The van der Waals surface area contributed by atoms with Crippen molar-refractivity contribution in [2.75, 3.05) is 11.9 Å². The minimum Gasteiger partial charge on any atom is -0.489 e. The number of anilines is 2. The summed E-state index contributed by atoms with van der Waals surface area (Å²) in [4.78, 5) is 20.7. The third-order valence-corrected chi connectivity index (χ3v) is 3.12. The minimum atomic E-state index is -0.197. The van der Waals surface area contributed by atoms with Crippen LogP contribution in [0.4, 0.5) is 11.5 Å². The van der Waals surface area contributed by atoms with E-state index in [9.17, 15) is 4.79 Å². The zero-order valence-corrected chi connectivity index (χ0v) is 14.6. The number of hydrogen-bond acceptors (Lipinski definition) is 5. The number of nitrogens with zero attached hydrogens (tertiary/aromatic N) is 2. The molecule has 0 unspecified atom stereocenters. The summed E-state index contributed by atoms with van der Waals surface area (Å²) in [5.74, 6) is 1.63. The van der Waals surface area contributed by atoms with Gasteiger partial charge in [0.2, 0.25) is 0 Å². The second-order valence-electron chi connectivity index (χ2n) is 5.73. The van der Waals surface area contributed by atoms with Crippen molar-refractivity contribution < 1.29 is 9.53 Å². The number of aromatic nitrogens is 2. The van der Waals surface area contributed by atoms with Crippen LogP contribution in [-0.2, 0) is 0 Å². The van der Waals surface area contributed by atoms with Crippen molar-refractivity contribution in [3.05, 3.63) is 41.9 Å². The van der Waals surface area contributed by atoms with Gasteiger partial charge < -0.3 is 15.4 Å². The number of benzene rings is 1. The maximum absolute atomic E-state index is 12.1. The van der Waals surface area contributed by atoms with Crippen LogP contribution in [0.1, 0.15) is 43.5 Å². The summed E-state index contributed by atoms with van der Waals surface area (Å²) in [6, 6.07) is 9.28. The van der Waals surface area contributed by atoms with Gasteiger partial charge in [-0.05, 0) is 39.3 Å². The zero-order valence-electron chi connectivity index (χ0n) is 14.6. The molecule has 1 aromatic heterocycles. The quantitative estimate of drug-likeness (QED) is 0.814. The van der Waals surface area contributed by atoms with Crippen LogP contribution in [0.3, 0.4) is 0 Å². The molecule has 24 heavy (non-hydrogen) atoms. The van der Waals surface area contributed by atoms with Gasteiger partial charge in [-0.3, -0.25) is 4.79 Å². The van der Waals surface area contributed by atoms with Crippen molar-refractivity contribution in [2.45, 2.75) is 40.2 Å². The highest BCUT2D eigenvalue weighted by Crippen LogP contribution is 2.27. The fraction of sp³-hybridized carbons (Fsp3) is 0.389. The molecule has 2 aromatic rings. The number of para-hydroxylation sites is 2. The van der Waals surface area contributed by atoms with Crippen molar-refractivity contribution in [1.82, 2.24) is 15.3 Å². The lowest BCUT2D eigenvalue weighted by molar-refractivity contribution is 0.0948.